The first-order chi connectivity index (χ1) is 12.0. The summed E-state index contributed by atoms with van der Waals surface area (Å²) in [6, 6.07) is 12.3. The minimum Gasteiger partial charge on any atom is -0.396 e. The van der Waals surface area contributed by atoms with Gasteiger partial charge in [0.2, 0.25) is 0 Å². The highest BCUT2D eigenvalue weighted by Crippen LogP contribution is 2.29. The molecule has 1 aliphatic heterocycles. The number of hydrogen-bond acceptors (Lipinski definition) is 4. The van der Waals surface area contributed by atoms with Gasteiger partial charge in [0.15, 0.2) is 0 Å². The molecule has 2 aromatic carbocycles. The van der Waals surface area contributed by atoms with Gasteiger partial charge in [-0.25, -0.2) is 0 Å². The highest BCUT2D eigenvalue weighted by atomic mass is 16.3. The topological polar surface area (TPSA) is 47.0 Å². The molecule has 0 radical (unpaired) electrons. The number of aliphatic hydroxyl groups excluding tert-OH is 1. The normalized spacial score (nSPS) is 18.6. The minimum absolute atomic E-state index is 0.0811. The Kier molecular flexibility index (Phi) is 5.25. The molecule has 1 heterocycles. The molecule has 0 aliphatic carbocycles. The van der Waals surface area contributed by atoms with Crippen LogP contribution in [-0.4, -0.2) is 74.2 Å². The van der Waals surface area contributed by atoms with Gasteiger partial charge in [-0.1, -0.05) is 24.3 Å². The van der Waals surface area contributed by atoms with E-state index in [-0.39, 0.29) is 18.6 Å². The lowest BCUT2D eigenvalue weighted by molar-refractivity contribution is 0.0502. The Balaban J connectivity index is 1.94. The van der Waals surface area contributed by atoms with Gasteiger partial charge in [-0.2, -0.15) is 0 Å². The number of benzene rings is 2. The number of anilines is 1. The predicted octanol–water partition coefficient (Wildman–Crippen LogP) is 2.04. The maximum Gasteiger partial charge on any atom is 0.254 e. The van der Waals surface area contributed by atoms with Crippen LogP contribution in [0.5, 0.6) is 0 Å². The molecule has 0 aromatic heterocycles. The van der Waals surface area contributed by atoms with Crippen molar-refractivity contribution in [3.63, 3.8) is 0 Å². The van der Waals surface area contributed by atoms with E-state index in [0.29, 0.717) is 13.0 Å². The number of hydrogen-bond donors (Lipinski definition) is 1. The van der Waals surface area contributed by atoms with E-state index < -0.39 is 0 Å². The van der Waals surface area contributed by atoms with Crippen LogP contribution in [0.15, 0.2) is 36.4 Å². The average molecular weight is 341 g/mol. The van der Waals surface area contributed by atoms with Crippen LogP contribution in [0.3, 0.4) is 0 Å². The molecule has 5 heteroatoms. The minimum atomic E-state index is 0.0811. The summed E-state index contributed by atoms with van der Waals surface area (Å²) in [5, 5.41) is 11.4. The van der Waals surface area contributed by atoms with E-state index in [0.717, 1.165) is 35.1 Å². The Labute approximate surface area is 149 Å². The lowest BCUT2D eigenvalue weighted by Crippen LogP contribution is -2.53. The summed E-state index contributed by atoms with van der Waals surface area (Å²) < 4.78 is 0. The molecule has 1 unspecified atom stereocenters. The van der Waals surface area contributed by atoms with Gasteiger partial charge in [0.05, 0.1) is 0 Å². The van der Waals surface area contributed by atoms with Gasteiger partial charge in [0, 0.05) is 63.0 Å². The standard InChI is InChI=1S/C20H27N3O2/c1-21(2)19-9-8-18(16-6-4-5-7-17(16)19)20(25)23-12-11-22(3)15(14-23)10-13-24/h4-9,15,24H,10-14H2,1-3H3. The average Bonchev–Trinajstić information content (AvgIpc) is 2.62. The maximum atomic E-state index is 13.2. The van der Waals surface area contributed by atoms with Crippen LogP contribution < -0.4 is 4.90 Å². The Morgan fingerprint density at radius 2 is 1.88 bits per heavy atom. The van der Waals surface area contributed by atoms with Crippen LogP contribution in [0.25, 0.3) is 10.8 Å². The van der Waals surface area contributed by atoms with Crippen molar-refractivity contribution in [2.45, 2.75) is 12.5 Å². The van der Waals surface area contributed by atoms with E-state index in [4.69, 9.17) is 0 Å². The summed E-state index contributed by atoms with van der Waals surface area (Å²) in [7, 11) is 6.09. The molecule has 1 atom stereocenters. The van der Waals surface area contributed by atoms with E-state index >= 15 is 0 Å². The fraction of sp³-hybridized carbons (Fsp3) is 0.450. The number of fused-ring (bicyclic) bond motifs is 1. The number of likely N-dealkylation sites (N-methyl/N-ethyl adjacent to an activating group) is 1. The first kappa shape index (κ1) is 17.7. The third-order valence-corrected chi connectivity index (χ3v) is 5.14. The molecule has 1 amide bonds. The van der Waals surface area contributed by atoms with Crippen LogP contribution in [0.1, 0.15) is 16.8 Å². The molecule has 3 rings (SSSR count). The number of carbonyl (C=O) groups excluding carboxylic acids is 1. The van der Waals surface area contributed by atoms with Crippen LogP contribution in [0.2, 0.25) is 0 Å². The van der Waals surface area contributed by atoms with Gasteiger partial charge >= 0.3 is 0 Å². The van der Waals surface area contributed by atoms with Crippen molar-refractivity contribution in [1.82, 2.24) is 9.80 Å². The molecule has 0 spiro atoms. The van der Waals surface area contributed by atoms with Crippen molar-refractivity contribution in [3.8, 4) is 0 Å². The molecule has 1 N–H and O–H groups in total. The van der Waals surface area contributed by atoms with E-state index in [2.05, 4.69) is 22.9 Å². The molecule has 2 aromatic rings. The largest absolute Gasteiger partial charge is 0.396 e. The molecule has 1 saturated heterocycles. The van der Waals surface area contributed by atoms with E-state index in [9.17, 15) is 9.90 Å². The molecule has 0 bridgehead atoms. The molecule has 1 aliphatic rings. The zero-order valence-corrected chi connectivity index (χ0v) is 15.3. The summed E-state index contributed by atoms with van der Waals surface area (Å²) in [4.78, 5) is 19.4. The van der Waals surface area contributed by atoms with Crippen molar-refractivity contribution in [1.29, 1.82) is 0 Å². The molecule has 0 saturated carbocycles. The third-order valence-electron chi connectivity index (χ3n) is 5.14. The zero-order valence-electron chi connectivity index (χ0n) is 15.3. The highest BCUT2D eigenvalue weighted by Gasteiger charge is 2.28. The Morgan fingerprint density at radius 1 is 1.16 bits per heavy atom. The van der Waals surface area contributed by atoms with E-state index in [1.54, 1.807) is 0 Å². The smallest absolute Gasteiger partial charge is 0.254 e. The zero-order chi connectivity index (χ0) is 18.0. The first-order valence-corrected chi connectivity index (χ1v) is 8.82. The fourth-order valence-electron chi connectivity index (χ4n) is 3.62. The second-order valence-electron chi connectivity index (χ2n) is 6.97. The second-order valence-corrected chi connectivity index (χ2v) is 6.97. The summed E-state index contributed by atoms with van der Waals surface area (Å²) >= 11 is 0. The monoisotopic (exact) mass is 341 g/mol. The van der Waals surface area contributed by atoms with Crippen molar-refractivity contribution in [2.24, 2.45) is 0 Å². The summed E-state index contributed by atoms with van der Waals surface area (Å²) in [6.45, 7) is 2.38. The molecule has 5 nitrogen and oxygen atoms in total. The maximum absolute atomic E-state index is 13.2. The molecule has 1 fully saturated rings. The van der Waals surface area contributed by atoms with Crippen LogP contribution in [0, 0.1) is 0 Å². The Hall–Kier alpha value is -2.11. The van der Waals surface area contributed by atoms with Gasteiger partial charge in [-0.15, -0.1) is 0 Å². The predicted molar refractivity (Wildman–Crippen MR) is 102 cm³/mol. The fourth-order valence-corrected chi connectivity index (χ4v) is 3.62. The quantitative estimate of drug-likeness (QED) is 0.925. The summed E-state index contributed by atoms with van der Waals surface area (Å²) in [5.41, 5.74) is 1.87. The highest BCUT2D eigenvalue weighted by molar-refractivity contribution is 6.10. The van der Waals surface area contributed by atoms with Gasteiger partial charge in [0.25, 0.3) is 5.91 Å². The van der Waals surface area contributed by atoms with E-state index in [1.807, 2.05) is 49.3 Å². The lowest BCUT2D eigenvalue weighted by Gasteiger charge is -2.39. The van der Waals surface area contributed by atoms with E-state index in [1.165, 1.54) is 0 Å². The van der Waals surface area contributed by atoms with Crippen molar-refractivity contribution in [3.05, 3.63) is 42.0 Å². The number of aliphatic hydroxyl groups is 1. The van der Waals surface area contributed by atoms with Crippen LogP contribution in [-0.2, 0) is 0 Å². The SMILES string of the molecule is CN(C)c1ccc(C(=O)N2CCN(C)C(CCO)C2)c2ccccc12. The first-order valence-electron chi connectivity index (χ1n) is 8.82. The number of nitrogens with zero attached hydrogens (tertiary/aromatic N) is 3. The van der Waals surface area contributed by atoms with Gasteiger partial charge in [0.1, 0.15) is 0 Å². The van der Waals surface area contributed by atoms with Crippen molar-refractivity contribution in [2.75, 3.05) is 52.3 Å². The van der Waals surface area contributed by atoms with Crippen molar-refractivity contribution >= 4 is 22.4 Å². The molecule has 134 valence electrons. The Bertz CT molecular complexity index is 760. The Morgan fingerprint density at radius 3 is 2.56 bits per heavy atom. The van der Waals surface area contributed by atoms with Gasteiger partial charge in [-0.3, -0.25) is 9.69 Å². The molecular weight excluding hydrogens is 314 g/mol. The van der Waals surface area contributed by atoms with Crippen molar-refractivity contribution < 1.29 is 9.90 Å². The molecular formula is C20H27N3O2. The number of carbonyl (C=O) groups is 1. The number of piperazine rings is 1. The van der Waals surface area contributed by atoms with Crippen LogP contribution >= 0.6 is 0 Å². The third kappa shape index (κ3) is 3.48. The summed E-state index contributed by atoms with van der Waals surface area (Å²) in [5.74, 6) is 0.0811. The second kappa shape index (κ2) is 7.42. The number of rotatable bonds is 4. The lowest BCUT2D eigenvalue weighted by atomic mass is 10.0. The van der Waals surface area contributed by atoms with Crippen LogP contribution in [0.4, 0.5) is 5.69 Å². The number of amides is 1. The molecule has 25 heavy (non-hydrogen) atoms. The van der Waals surface area contributed by atoms with Gasteiger partial charge < -0.3 is 14.9 Å². The van der Waals surface area contributed by atoms with Gasteiger partial charge in [-0.05, 0) is 31.0 Å². The summed E-state index contributed by atoms with van der Waals surface area (Å²) in [6.07, 6.45) is 0.695.